The molecule has 6 atom stereocenters. The summed E-state index contributed by atoms with van der Waals surface area (Å²) in [7, 11) is 4.14. The number of nitrogens with two attached hydrogens (primary N) is 1. The number of aliphatic hydroxyl groups excluding tert-OH is 2. The first-order chi connectivity index (χ1) is 38.6. The predicted octanol–water partition coefficient (Wildman–Crippen LogP) is 7.48. The van der Waals surface area contributed by atoms with Gasteiger partial charge in [-0.25, -0.2) is 0 Å². The molecule has 0 spiro atoms. The third-order valence-electron chi connectivity index (χ3n) is 13.3. The number of benzene rings is 4. The number of aliphatic carboxylic acids is 3. The van der Waals surface area contributed by atoms with Gasteiger partial charge in [0.05, 0.1) is 27.9 Å². The van der Waals surface area contributed by atoms with Crippen LogP contribution in [-0.4, -0.2) is 119 Å². The summed E-state index contributed by atoms with van der Waals surface area (Å²) < 4.78 is 13.7. The van der Waals surface area contributed by atoms with E-state index in [0.717, 1.165) is 64.5 Å². The van der Waals surface area contributed by atoms with E-state index < -0.39 is 42.6 Å². The van der Waals surface area contributed by atoms with Crippen LogP contribution in [0.25, 0.3) is 0 Å². The molecule has 81 heavy (non-hydrogen) atoms. The monoisotopic (exact) mass is 1130 g/mol. The Kier molecular flexibility index (Phi) is 39.8. The number of hydrogen-bond acceptors (Lipinski definition) is 16. The van der Waals surface area contributed by atoms with Crippen LogP contribution < -0.4 is 16.4 Å². The molecule has 448 valence electrons. The number of Topliss-reactive ketones (excluding diaryl/α,β-unsaturated/α-hetero) is 1. The van der Waals surface area contributed by atoms with Gasteiger partial charge in [0.1, 0.15) is 31.0 Å². The number of rotatable bonds is 30. The van der Waals surface area contributed by atoms with E-state index in [1.165, 1.54) is 21.3 Å². The number of methoxy groups -OCH3 is 3. The molecule has 0 aliphatic heterocycles. The summed E-state index contributed by atoms with van der Waals surface area (Å²) in [5.74, 6) is -3.13. The second-order valence-corrected chi connectivity index (χ2v) is 19.3. The van der Waals surface area contributed by atoms with Gasteiger partial charge in [0.15, 0.2) is 5.78 Å². The van der Waals surface area contributed by atoms with Gasteiger partial charge >= 0.3 is 35.8 Å². The number of ketones is 1. The molecule has 0 saturated heterocycles. The van der Waals surface area contributed by atoms with E-state index in [4.69, 9.17) is 21.1 Å². The lowest BCUT2D eigenvalue weighted by Gasteiger charge is -2.20. The molecular formula is C62H89N3O16. The zero-order chi connectivity index (χ0) is 61.3. The van der Waals surface area contributed by atoms with Crippen molar-refractivity contribution in [2.45, 2.75) is 150 Å². The van der Waals surface area contributed by atoms with Gasteiger partial charge in [-0.1, -0.05) is 158 Å². The highest BCUT2D eigenvalue weighted by molar-refractivity contribution is 5.79. The fourth-order valence-electron chi connectivity index (χ4n) is 7.12. The minimum absolute atomic E-state index is 0.0529. The van der Waals surface area contributed by atoms with Crippen LogP contribution in [0.3, 0.4) is 0 Å². The summed E-state index contributed by atoms with van der Waals surface area (Å²) in [6, 6.07) is 28.4. The number of nitrogens with one attached hydrogen (secondary N) is 2. The molecule has 0 heterocycles. The second kappa shape index (κ2) is 43.6. The minimum atomic E-state index is -0.913. The first kappa shape index (κ1) is 73.8. The number of aldehydes is 1. The standard InChI is InChI=1S/2C17H25NO4.C11H14O3.C11H12O3.C6H13NO2/c1-4-12(2)16(17(20)21)18-11-14-7-5-13(6-8-14)9-10-15(19)22-3;1-3-12(2)16(17(21)22)18-10-14-6-4-13(5-7-14)8-9-15(20)11-19;2*1-14-11(13)7-6-9-2-4-10(8-12)5-3-9;1-3-4(2)5(7)6(8)9/h5-8,12,16,18H,4,9-11H2,1-3H3,(H,20,21);4-7,12,16,18-19H,3,8-11H2,1-2H3,(H,21,22);2-5,12H,6-8H2,1H3;2-5,8H,6-7H2,1H3;4-5H,3,7H2,1-2H3,(H,8,9)/t2*12?,16-;;;4?,5-/m00..0/s1. The quantitative estimate of drug-likeness (QED) is 0.0142. The number of aliphatic hydroxyl groups is 2. The van der Waals surface area contributed by atoms with Gasteiger partial charge in [0.25, 0.3) is 0 Å². The van der Waals surface area contributed by atoms with E-state index in [1.54, 1.807) is 12.1 Å². The lowest BCUT2D eigenvalue weighted by atomic mass is 9.99. The van der Waals surface area contributed by atoms with Crippen LogP contribution in [0.5, 0.6) is 0 Å². The third kappa shape index (κ3) is 33.3. The Morgan fingerprint density at radius 1 is 0.469 bits per heavy atom. The van der Waals surface area contributed by atoms with Crippen LogP contribution in [0.2, 0.25) is 0 Å². The number of carboxylic acid groups (broad SMARTS) is 3. The molecule has 0 radical (unpaired) electrons. The zero-order valence-electron chi connectivity index (χ0n) is 48.7. The molecule has 0 bridgehead atoms. The van der Waals surface area contributed by atoms with Gasteiger partial charge in [-0.15, -0.1) is 0 Å². The van der Waals surface area contributed by atoms with Crippen LogP contribution >= 0.6 is 0 Å². The SMILES string of the molecule is CCC(C)[C@H](N)C(=O)O.CCC(C)[C@H](NCc1ccc(CCC(=O)CO)cc1)C(=O)O.CCC(C)[C@H](NCc1ccc(CCC(=O)OC)cc1)C(=O)O.COC(=O)CCc1ccc(C=O)cc1.COC(=O)CCc1ccc(CO)cc1. The molecule has 3 unspecified atom stereocenters. The number of ether oxygens (including phenoxy) is 3. The molecule has 19 nitrogen and oxygen atoms in total. The van der Waals surface area contributed by atoms with Crippen molar-refractivity contribution >= 4 is 47.9 Å². The third-order valence-corrected chi connectivity index (χ3v) is 13.3. The topological polar surface area (TPSA) is 315 Å². The number of aryl methyl sites for hydroxylation is 4. The molecule has 4 rings (SSSR count). The van der Waals surface area contributed by atoms with Gasteiger partial charge in [-0.05, 0) is 82.4 Å². The van der Waals surface area contributed by atoms with E-state index in [1.807, 2.05) is 126 Å². The van der Waals surface area contributed by atoms with Crippen molar-refractivity contribution in [2.24, 2.45) is 23.5 Å². The van der Waals surface area contributed by atoms with E-state index in [9.17, 15) is 48.6 Å². The van der Waals surface area contributed by atoms with Crippen LogP contribution in [0, 0.1) is 17.8 Å². The van der Waals surface area contributed by atoms with Crippen molar-refractivity contribution in [3.8, 4) is 0 Å². The first-order valence-electron chi connectivity index (χ1n) is 27.2. The number of hydrogen-bond donors (Lipinski definition) is 8. The Hall–Kier alpha value is -7.16. The summed E-state index contributed by atoms with van der Waals surface area (Å²) in [4.78, 5) is 86.9. The molecule has 0 amide bonds. The summed E-state index contributed by atoms with van der Waals surface area (Å²) in [5.41, 5.74) is 13.0. The highest BCUT2D eigenvalue weighted by Gasteiger charge is 2.24. The van der Waals surface area contributed by atoms with Gasteiger partial charge < -0.3 is 56.1 Å². The van der Waals surface area contributed by atoms with Crippen LogP contribution in [0.15, 0.2) is 97.1 Å². The normalized spacial score (nSPS) is 12.5. The van der Waals surface area contributed by atoms with E-state index in [0.29, 0.717) is 70.0 Å². The van der Waals surface area contributed by atoms with Crippen molar-refractivity contribution in [1.29, 1.82) is 0 Å². The molecule has 9 N–H and O–H groups in total. The van der Waals surface area contributed by atoms with Crippen molar-refractivity contribution in [3.63, 3.8) is 0 Å². The predicted molar refractivity (Wildman–Crippen MR) is 309 cm³/mol. The molecule has 0 aromatic heterocycles. The molecule has 0 saturated carbocycles. The molecule has 0 aliphatic rings. The number of carboxylic acids is 3. The second-order valence-electron chi connectivity index (χ2n) is 19.3. The van der Waals surface area contributed by atoms with Crippen LogP contribution in [0.4, 0.5) is 0 Å². The van der Waals surface area contributed by atoms with Crippen LogP contribution in [-0.2, 0) is 93.2 Å². The van der Waals surface area contributed by atoms with E-state index in [-0.39, 0.29) is 48.1 Å². The summed E-state index contributed by atoms with van der Waals surface area (Å²) in [6.45, 7) is 12.2. The summed E-state index contributed by atoms with van der Waals surface area (Å²) >= 11 is 0. The Labute approximate surface area is 478 Å². The van der Waals surface area contributed by atoms with Gasteiger partial charge in [-0.2, -0.15) is 0 Å². The highest BCUT2D eigenvalue weighted by Crippen LogP contribution is 2.14. The fraction of sp³-hybridized carbons (Fsp3) is 0.484. The largest absolute Gasteiger partial charge is 0.480 e. The summed E-state index contributed by atoms with van der Waals surface area (Å²) in [5, 5.41) is 50.5. The lowest BCUT2D eigenvalue weighted by Crippen LogP contribution is -2.41. The Balaban J connectivity index is 0.00000102. The van der Waals surface area contributed by atoms with E-state index >= 15 is 0 Å². The number of carbonyl (C=O) groups is 8. The first-order valence-corrected chi connectivity index (χ1v) is 27.2. The molecule has 0 fully saturated rings. The van der Waals surface area contributed by atoms with Crippen molar-refractivity contribution in [3.05, 3.63) is 142 Å². The van der Waals surface area contributed by atoms with Crippen LogP contribution in [0.1, 0.15) is 136 Å². The molecule has 4 aromatic rings. The maximum atomic E-state index is 11.2. The van der Waals surface area contributed by atoms with Crippen molar-refractivity contribution in [2.75, 3.05) is 27.9 Å². The Morgan fingerprint density at radius 2 is 0.765 bits per heavy atom. The highest BCUT2D eigenvalue weighted by atomic mass is 16.5. The van der Waals surface area contributed by atoms with Gasteiger partial charge in [0, 0.05) is 44.3 Å². The molecule has 19 heteroatoms. The van der Waals surface area contributed by atoms with Gasteiger partial charge in [-0.3, -0.25) is 38.4 Å². The lowest BCUT2D eigenvalue weighted by molar-refractivity contribution is -0.141. The Bertz CT molecular complexity index is 2340. The maximum absolute atomic E-state index is 11.2. The average Bonchev–Trinajstić information content (AvgIpc) is 3.49. The smallest absolute Gasteiger partial charge is 0.320 e. The molecule has 0 aliphatic carbocycles. The zero-order valence-corrected chi connectivity index (χ0v) is 48.7. The van der Waals surface area contributed by atoms with E-state index in [2.05, 4.69) is 24.8 Å². The summed E-state index contributed by atoms with van der Waals surface area (Å²) in [6.07, 6.45) is 7.28. The number of carbonyl (C=O) groups excluding carboxylic acids is 5. The maximum Gasteiger partial charge on any atom is 0.320 e. The molecule has 4 aromatic carbocycles. The van der Waals surface area contributed by atoms with Gasteiger partial charge in [0.2, 0.25) is 0 Å². The molecular weight excluding hydrogens is 1040 g/mol. The fourth-order valence-corrected chi connectivity index (χ4v) is 7.12. The Morgan fingerprint density at radius 3 is 1.01 bits per heavy atom. The van der Waals surface area contributed by atoms with Crippen molar-refractivity contribution in [1.82, 2.24) is 10.6 Å². The van der Waals surface area contributed by atoms with Crippen molar-refractivity contribution < 1.29 is 78.1 Å². The number of esters is 3. The minimum Gasteiger partial charge on any atom is -0.480 e. The average molecular weight is 1130 g/mol.